The molecule has 90 valence electrons. The van der Waals surface area contributed by atoms with E-state index in [4.69, 9.17) is 10.6 Å². The van der Waals surface area contributed by atoms with Gasteiger partial charge in [0.1, 0.15) is 23.9 Å². The van der Waals surface area contributed by atoms with Crippen molar-refractivity contribution in [2.75, 3.05) is 5.43 Å². The standard InChI is InChI=1S/C9H8BrFN4OS/c10-6-2-1-5(3-7(6)11)16-4-8-9(13-12)17-15-14-8/h1-3,13H,4,12H2. The first-order valence-corrected chi connectivity index (χ1v) is 6.13. The minimum Gasteiger partial charge on any atom is -0.487 e. The number of benzene rings is 1. The maximum Gasteiger partial charge on any atom is 0.150 e. The van der Waals surface area contributed by atoms with Crippen LogP contribution in [0.5, 0.6) is 5.75 Å². The predicted molar refractivity (Wildman–Crippen MR) is 66.2 cm³/mol. The van der Waals surface area contributed by atoms with Crippen molar-refractivity contribution in [2.45, 2.75) is 6.61 Å². The van der Waals surface area contributed by atoms with Crippen molar-refractivity contribution < 1.29 is 9.13 Å². The average molecular weight is 319 g/mol. The van der Waals surface area contributed by atoms with E-state index in [0.29, 0.717) is 20.9 Å². The lowest BCUT2D eigenvalue weighted by atomic mass is 10.3. The Morgan fingerprint density at radius 2 is 2.35 bits per heavy atom. The molecule has 2 rings (SSSR count). The maximum atomic E-state index is 13.2. The molecule has 0 aliphatic heterocycles. The van der Waals surface area contributed by atoms with Gasteiger partial charge in [-0.25, -0.2) is 10.2 Å². The molecule has 1 heterocycles. The number of rotatable bonds is 4. The Kier molecular flexibility index (Phi) is 3.87. The molecular formula is C9H8BrFN4OS. The fourth-order valence-corrected chi connectivity index (χ4v) is 1.86. The van der Waals surface area contributed by atoms with Crippen LogP contribution in [-0.2, 0) is 6.61 Å². The lowest BCUT2D eigenvalue weighted by molar-refractivity contribution is 0.300. The number of nitrogen functional groups attached to an aromatic ring is 1. The normalized spacial score (nSPS) is 10.3. The summed E-state index contributed by atoms with van der Waals surface area (Å²) in [5, 5.41) is 4.47. The van der Waals surface area contributed by atoms with Crippen LogP contribution in [0.15, 0.2) is 22.7 Å². The Morgan fingerprint density at radius 1 is 1.53 bits per heavy atom. The van der Waals surface area contributed by atoms with E-state index in [0.717, 1.165) is 11.5 Å². The Labute approximate surface area is 109 Å². The molecular weight excluding hydrogens is 311 g/mol. The maximum absolute atomic E-state index is 13.2. The molecule has 0 aliphatic carbocycles. The molecule has 0 amide bonds. The van der Waals surface area contributed by atoms with Crippen molar-refractivity contribution in [3.63, 3.8) is 0 Å². The summed E-state index contributed by atoms with van der Waals surface area (Å²) in [6.45, 7) is 0.178. The summed E-state index contributed by atoms with van der Waals surface area (Å²) in [6.07, 6.45) is 0. The number of ether oxygens (including phenoxy) is 1. The van der Waals surface area contributed by atoms with Crippen LogP contribution in [0.4, 0.5) is 9.39 Å². The van der Waals surface area contributed by atoms with Crippen molar-refractivity contribution >= 4 is 32.5 Å². The van der Waals surface area contributed by atoms with Crippen LogP contribution in [0.2, 0.25) is 0 Å². The van der Waals surface area contributed by atoms with Crippen LogP contribution in [0.1, 0.15) is 5.69 Å². The highest BCUT2D eigenvalue weighted by Crippen LogP contribution is 2.23. The third-order valence-electron chi connectivity index (χ3n) is 1.95. The number of nitrogens with two attached hydrogens (primary N) is 1. The van der Waals surface area contributed by atoms with Crippen molar-refractivity contribution in [1.29, 1.82) is 0 Å². The van der Waals surface area contributed by atoms with Crippen LogP contribution in [0.25, 0.3) is 0 Å². The first-order chi connectivity index (χ1) is 8.20. The van der Waals surface area contributed by atoms with Gasteiger partial charge >= 0.3 is 0 Å². The monoisotopic (exact) mass is 318 g/mol. The zero-order valence-electron chi connectivity index (χ0n) is 8.48. The second kappa shape index (κ2) is 5.39. The molecule has 0 unspecified atom stereocenters. The van der Waals surface area contributed by atoms with Gasteiger partial charge in [-0.05, 0) is 28.1 Å². The Hall–Kier alpha value is -1.25. The number of nitrogens with zero attached hydrogens (tertiary/aromatic N) is 2. The minimum absolute atomic E-state index is 0.178. The lowest BCUT2D eigenvalue weighted by Gasteiger charge is -2.05. The van der Waals surface area contributed by atoms with Gasteiger partial charge in [0.15, 0.2) is 5.00 Å². The fraction of sp³-hybridized carbons (Fsp3) is 0.111. The van der Waals surface area contributed by atoms with Gasteiger partial charge in [0, 0.05) is 17.6 Å². The van der Waals surface area contributed by atoms with Crippen molar-refractivity contribution in [1.82, 2.24) is 9.59 Å². The van der Waals surface area contributed by atoms with Gasteiger partial charge in [0.25, 0.3) is 0 Å². The lowest BCUT2D eigenvalue weighted by Crippen LogP contribution is -2.08. The van der Waals surface area contributed by atoms with Crippen LogP contribution >= 0.6 is 27.5 Å². The van der Waals surface area contributed by atoms with E-state index >= 15 is 0 Å². The molecule has 1 aromatic carbocycles. The van der Waals surface area contributed by atoms with Gasteiger partial charge < -0.3 is 10.2 Å². The number of hydrogen-bond donors (Lipinski definition) is 2. The second-order valence-corrected chi connectivity index (χ2v) is 4.67. The molecule has 0 aliphatic rings. The van der Waals surface area contributed by atoms with E-state index in [9.17, 15) is 4.39 Å². The molecule has 0 saturated carbocycles. The Morgan fingerprint density at radius 3 is 3.06 bits per heavy atom. The van der Waals surface area contributed by atoms with Crippen LogP contribution in [-0.4, -0.2) is 9.59 Å². The SMILES string of the molecule is NNc1snnc1COc1ccc(Br)c(F)c1. The predicted octanol–water partition coefficient (Wildman–Crippen LogP) is 2.30. The summed E-state index contributed by atoms with van der Waals surface area (Å²) in [7, 11) is 0. The van der Waals surface area contributed by atoms with Gasteiger partial charge in [-0.3, -0.25) is 0 Å². The highest BCUT2D eigenvalue weighted by atomic mass is 79.9. The second-order valence-electron chi connectivity index (χ2n) is 3.06. The van der Waals surface area contributed by atoms with Gasteiger partial charge in [0.05, 0.1) is 4.47 Å². The van der Waals surface area contributed by atoms with Crippen LogP contribution in [0.3, 0.4) is 0 Å². The Bertz CT molecular complexity index is 521. The first kappa shape index (κ1) is 12.2. The van der Waals surface area contributed by atoms with Gasteiger partial charge in [-0.1, -0.05) is 4.49 Å². The summed E-state index contributed by atoms with van der Waals surface area (Å²) in [4.78, 5) is 0. The molecule has 0 atom stereocenters. The highest BCUT2D eigenvalue weighted by molar-refractivity contribution is 9.10. The Balaban J connectivity index is 2.05. The molecule has 0 radical (unpaired) electrons. The van der Waals surface area contributed by atoms with Crippen molar-refractivity contribution in [3.05, 3.63) is 34.2 Å². The van der Waals surface area contributed by atoms with Gasteiger partial charge in [-0.2, -0.15) is 0 Å². The molecule has 0 spiro atoms. The summed E-state index contributed by atoms with van der Waals surface area (Å²) in [5.41, 5.74) is 3.05. The number of hydrazine groups is 1. The van der Waals surface area contributed by atoms with E-state index in [-0.39, 0.29) is 12.4 Å². The average Bonchev–Trinajstić information content (AvgIpc) is 2.78. The van der Waals surface area contributed by atoms with E-state index in [2.05, 4.69) is 30.9 Å². The fourth-order valence-electron chi connectivity index (χ4n) is 1.13. The smallest absolute Gasteiger partial charge is 0.150 e. The first-order valence-electron chi connectivity index (χ1n) is 4.56. The summed E-state index contributed by atoms with van der Waals surface area (Å²) < 4.78 is 22.7. The molecule has 0 bridgehead atoms. The molecule has 2 aromatic rings. The third kappa shape index (κ3) is 2.90. The highest BCUT2D eigenvalue weighted by Gasteiger charge is 2.08. The van der Waals surface area contributed by atoms with E-state index in [1.807, 2.05) is 0 Å². The van der Waals surface area contributed by atoms with Crippen molar-refractivity contribution in [3.8, 4) is 5.75 Å². The van der Waals surface area contributed by atoms with Gasteiger partial charge in [0.2, 0.25) is 0 Å². The zero-order valence-corrected chi connectivity index (χ0v) is 10.9. The molecule has 0 saturated heterocycles. The number of anilines is 1. The molecule has 0 fully saturated rings. The summed E-state index contributed by atoms with van der Waals surface area (Å²) >= 11 is 4.20. The van der Waals surface area contributed by atoms with E-state index in [1.165, 1.54) is 6.07 Å². The number of nitrogens with one attached hydrogen (secondary N) is 1. The van der Waals surface area contributed by atoms with E-state index < -0.39 is 0 Å². The molecule has 5 nitrogen and oxygen atoms in total. The third-order valence-corrected chi connectivity index (χ3v) is 3.30. The number of halogens is 2. The van der Waals surface area contributed by atoms with Crippen LogP contribution in [0, 0.1) is 5.82 Å². The molecule has 3 N–H and O–H groups in total. The number of hydrogen-bond acceptors (Lipinski definition) is 6. The molecule has 17 heavy (non-hydrogen) atoms. The summed E-state index contributed by atoms with van der Waals surface area (Å²) in [5.74, 6) is 5.31. The van der Waals surface area contributed by atoms with E-state index in [1.54, 1.807) is 12.1 Å². The topological polar surface area (TPSA) is 73.1 Å². The number of aromatic nitrogens is 2. The largest absolute Gasteiger partial charge is 0.487 e. The molecule has 8 heteroatoms. The quantitative estimate of drug-likeness (QED) is 0.668. The molecule has 1 aromatic heterocycles. The summed E-state index contributed by atoms with van der Waals surface area (Å²) in [6, 6.07) is 4.52. The van der Waals surface area contributed by atoms with Crippen molar-refractivity contribution in [2.24, 2.45) is 5.84 Å². The zero-order chi connectivity index (χ0) is 12.3. The minimum atomic E-state index is -0.379. The van der Waals surface area contributed by atoms with Gasteiger partial charge in [-0.15, -0.1) is 5.10 Å². The van der Waals surface area contributed by atoms with Crippen LogP contribution < -0.4 is 16.0 Å².